The molecule has 6 heteroatoms. The molecule has 0 amide bonds. The number of anilines is 6. The summed E-state index contributed by atoms with van der Waals surface area (Å²) in [7, 11) is 0. The Morgan fingerprint density at radius 2 is 0.652 bits per heavy atom. The van der Waals surface area contributed by atoms with E-state index in [1.54, 1.807) is 9.13 Å². The van der Waals surface area contributed by atoms with Gasteiger partial charge < -0.3 is 23.5 Å². The minimum atomic E-state index is -0.816. The van der Waals surface area contributed by atoms with Crippen LogP contribution < -0.4 is 26.2 Å². The topological polar surface area (TPSA) is 21.3 Å². The van der Waals surface area contributed by atoms with Gasteiger partial charge in [-0.05, 0) is 197 Å². The van der Waals surface area contributed by atoms with Crippen molar-refractivity contribution in [3.8, 4) is 61.6 Å². The Morgan fingerprint density at radius 3 is 1.15 bits per heavy atom. The fraction of sp³-hybridized carbons (Fsp3) is 0.151. The largest absolute Gasteiger partial charge is 0.311 e. The van der Waals surface area contributed by atoms with Crippen molar-refractivity contribution in [1.82, 2.24) is 13.7 Å². The maximum absolute atomic E-state index is 10.0. The Labute approximate surface area is 680 Å². The van der Waals surface area contributed by atoms with Gasteiger partial charge in [-0.1, -0.05) is 307 Å². The summed E-state index contributed by atoms with van der Waals surface area (Å²) in [6.45, 7) is 25.8. The Balaban J connectivity index is 1.04. The number of para-hydroxylation sites is 6. The molecule has 0 N–H and O–H groups in total. The van der Waals surface area contributed by atoms with Crippen LogP contribution in [0.3, 0.4) is 0 Å². The fourth-order valence-electron chi connectivity index (χ4n) is 17.4. The molecular formula is C106H90BN5. The van der Waals surface area contributed by atoms with E-state index in [4.69, 9.17) is 0 Å². The highest BCUT2D eigenvalue weighted by Crippen LogP contribution is 2.55. The molecule has 0 saturated carbocycles. The first-order chi connectivity index (χ1) is 60.7. The number of fused-ring (bicyclic) bond motifs is 13. The number of rotatable bonds is 9. The van der Waals surface area contributed by atoms with Crippen molar-refractivity contribution >= 4 is 123 Å². The molecule has 0 aliphatic carbocycles. The van der Waals surface area contributed by atoms with E-state index in [0.717, 1.165) is 133 Å². The molecule has 2 aliphatic heterocycles. The summed E-state index contributed by atoms with van der Waals surface area (Å²) in [6, 6.07) is 72.5. The zero-order valence-corrected chi connectivity index (χ0v) is 64.8. The minimum Gasteiger partial charge on any atom is -0.311 e. The predicted octanol–water partition coefficient (Wildman–Crippen LogP) is 26.9. The zero-order valence-electron chi connectivity index (χ0n) is 80.8. The minimum absolute atomic E-state index is 0.0543. The Hall–Kier alpha value is -12.6. The van der Waals surface area contributed by atoms with Crippen LogP contribution in [0.25, 0.3) is 127 Å². The molecule has 5 heterocycles. The van der Waals surface area contributed by atoms with Gasteiger partial charge in [0, 0.05) is 83.3 Å². The summed E-state index contributed by atoms with van der Waals surface area (Å²) in [4.78, 5) is 4.73. The van der Waals surface area contributed by atoms with E-state index < -0.39 is 120 Å². The molecule has 0 saturated heterocycles. The monoisotopic (exact) mass is 1460 g/mol. The summed E-state index contributed by atoms with van der Waals surface area (Å²) >= 11 is 0. The maximum Gasteiger partial charge on any atom is 0.252 e. The van der Waals surface area contributed by atoms with Crippen LogP contribution in [0.4, 0.5) is 34.1 Å². The van der Waals surface area contributed by atoms with Crippen LogP contribution in [-0.2, 0) is 21.7 Å². The quantitative estimate of drug-likeness (QED) is 0.134. The lowest BCUT2D eigenvalue weighted by molar-refractivity contribution is 0.569. The van der Waals surface area contributed by atoms with E-state index in [1.807, 2.05) is 91.0 Å². The van der Waals surface area contributed by atoms with E-state index in [-0.39, 0.29) is 49.0 Å². The summed E-state index contributed by atoms with van der Waals surface area (Å²) in [5.74, 6) is 0. The van der Waals surface area contributed by atoms with Gasteiger partial charge in [-0.3, -0.25) is 0 Å². The highest BCUT2D eigenvalue weighted by molar-refractivity contribution is 7.00. The van der Waals surface area contributed by atoms with Crippen molar-refractivity contribution in [3.05, 3.63) is 349 Å². The second kappa shape index (κ2) is 25.5. The average molecular weight is 1460 g/mol. The molecule has 0 spiro atoms. The third-order valence-electron chi connectivity index (χ3n) is 23.1. The van der Waals surface area contributed by atoms with E-state index in [9.17, 15) is 21.9 Å². The van der Waals surface area contributed by atoms with Crippen LogP contribution in [0.2, 0.25) is 0 Å². The molecule has 15 aromatic carbocycles. The van der Waals surface area contributed by atoms with Crippen molar-refractivity contribution in [3.63, 3.8) is 0 Å². The molecule has 20 rings (SSSR count). The zero-order chi connectivity index (χ0) is 90.4. The van der Waals surface area contributed by atoms with Gasteiger partial charge in [0.1, 0.15) is 0 Å². The normalized spacial score (nSPS) is 15.1. The number of hydrogen-bond acceptors (Lipinski definition) is 2. The summed E-state index contributed by atoms with van der Waals surface area (Å²) in [6.07, 6.45) is 0. The number of aromatic nitrogens is 3. The first kappa shape index (κ1) is 53.3. The van der Waals surface area contributed by atoms with Crippen LogP contribution in [0, 0.1) is 0 Å². The van der Waals surface area contributed by atoms with Crippen LogP contribution in [0.15, 0.2) is 327 Å². The molecule has 0 unspecified atom stereocenters. The summed E-state index contributed by atoms with van der Waals surface area (Å²) < 4.78 is 159. The first-order valence-electron chi connectivity index (χ1n) is 46.5. The molecule has 2 aliphatic rings. The van der Waals surface area contributed by atoms with Crippen molar-refractivity contribution in [2.75, 3.05) is 9.80 Å². The van der Waals surface area contributed by atoms with E-state index in [2.05, 4.69) is 237 Å². The second-order valence-electron chi connectivity index (χ2n) is 34.2. The molecule has 0 radical (unpaired) electrons. The molecule has 0 atom stereocenters. The number of benzene rings is 15. The molecule has 18 aromatic rings. The Kier molecular flexibility index (Phi) is 12.1. The molecule has 542 valence electrons. The summed E-state index contributed by atoms with van der Waals surface area (Å²) in [5, 5.41) is 1.48. The first-order valence-corrected chi connectivity index (χ1v) is 38.5. The van der Waals surface area contributed by atoms with Crippen molar-refractivity contribution in [2.45, 2.75) is 105 Å². The predicted molar refractivity (Wildman–Crippen MR) is 480 cm³/mol. The van der Waals surface area contributed by atoms with Gasteiger partial charge >= 0.3 is 0 Å². The van der Waals surface area contributed by atoms with E-state index in [1.165, 1.54) is 0 Å². The van der Waals surface area contributed by atoms with Gasteiger partial charge in [-0.2, -0.15) is 0 Å². The lowest BCUT2D eigenvalue weighted by Crippen LogP contribution is -2.61. The van der Waals surface area contributed by atoms with E-state index >= 15 is 0 Å². The third kappa shape index (κ3) is 11.0. The number of hydrogen-bond donors (Lipinski definition) is 0. The van der Waals surface area contributed by atoms with Gasteiger partial charge in [0.2, 0.25) is 0 Å². The van der Waals surface area contributed by atoms with Crippen LogP contribution in [0.1, 0.15) is 127 Å². The fourth-order valence-corrected chi connectivity index (χ4v) is 17.4. The smallest absolute Gasteiger partial charge is 0.252 e. The van der Waals surface area contributed by atoms with Crippen molar-refractivity contribution in [2.24, 2.45) is 0 Å². The molecule has 3 aromatic heterocycles. The van der Waals surface area contributed by atoms with Crippen molar-refractivity contribution < 1.29 is 21.9 Å². The highest BCUT2D eigenvalue weighted by atomic mass is 15.2. The average Bonchev–Trinajstić information content (AvgIpc) is 1.12. The standard InChI is InChI=1S/C106H90BN5/c1-103(2,3)73-38-32-37-69(55-73)71-58-96-100(84-45-26-31-50-93(84)108(96)77-39-20-15-21-40-77)97(59-71)111-94-65-78(109-89-46-27-22-41-80(89)81-42-23-28-47-90(81)109)51-53-87(94)107-88-54-52-79(110-91-48-29-24-43-82(91)83-44-25-30-49-92(83)110)66-95(88)112(99-61-72(60-98(111)101(99)107)70-56-74(104(4,5)6)62-75(57-70)105(7,8)9)102-85(67-33-16-13-17-34-67)63-76(106(10,11)12)64-86(102)68-35-18-14-19-36-68/h13-66H,1-12H3/i22D,23D,24D,25D,27D,28D,29D,30D,41D,42D,43D,44D,46D,47D,48D,49D. The second-order valence-corrected chi connectivity index (χ2v) is 34.2. The lowest BCUT2D eigenvalue weighted by atomic mass is 9.33. The van der Waals surface area contributed by atoms with E-state index in [0.29, 0.717) is 22.7 Å². The molecule has 0 fully saturated rings. The highest BCUT2D eigenvalue weighted by Gasteiger charge is 2.46. The number of nitrogens with zero attached hydrogens (tertiary/aromatic N) is 5. The lowest BCUT2D eigenvalue weighted by Gasteiger charge is -2.46. The SMILES string of the molecule is [2H]c1c([2H])c([2H])c2c(c1[2H])c1c([2H])c([2H])c([2H])c([2H])c1n2-c1ccc2c(c1)N(c1c(-c3ccccc3)cc(C(C)(C)C)cc1-c1ccccc1)c1cc(-c3cc(C(C)(C)C)cc(C(C)(C)C)c3)cc3c1B2c1ccc(-n2c4c([2H])c([2H])c([2H])c([2H])c4c4c([2H])c([2H])c([2H])c([2H])c42)cc1N3c1cc(-c2cccc(C(C)(C)C)c2)cc2c1c1ccccc1n2-c1ccccc1. The Bertz CT molecular complexity index is 7630. The van der Waals surface area contributed by atoms with Crippen molar-refractivity contribution in [1.29, 1.82) is 0 Å². The van der Waals surface area contributed by atoms with Crippen LogP contribution in [0.5, 0.6) is 0 Å². The molecular weight excluding hydrogens is 1350 g/mol. The van der Waals surface area contributed by atoms with Gasteiger partial charge in [-0.15, -0.1) is 0 Å². The third-order valence-corrected chi connectivity index (χ3v) is 23.1. The van der Waals surface area contributed by atoms with Gasteiger partial charge in [-0.25, -0.2) is 0 Å². The van der Waals surface area contributed by atoms with Crippen LogP contribution >= 0.6 is 0 Å². The van der Waals surface area contributed by atoms with Crippen LogP contribution in [-0.4, -0.2) is 20.4 Å². The van der Waals surface area contributed by atoms with Gasteiger partial charge in [0.25, 0.3) is 6.71 Å². The summed E-state index contributed by atoms with van der Waals surface area (Å²) in [5.41, 5.74) is 19.3. The molecule has 0 bridgehead atoms. The molecule has 112 heavy (non-hydrogen) atoms. The molecule has 5 nitrogen and oxygen atoms in total. The van der Waals surface area contributed by atoms with Gasteiger partial charge in [0.05, 0.1) is 66.4 Å². The van der Waals surface area contributed by atoms with Gasteiger partial charge in [0.15, 0.2) is 0 Å². The maximum atomic E-state index is 10.0. The Morgan fingerprint density at radius 1 is 0.259 bits per heavy atom.